The van der Waals surface area contributed by atoms with Crippen LogP contribution in [0.25, 0.3) is 0 Å². The summed E-state index contributed by atoms with van der Waals surface area (Å²) in [5.41, 5.74) is 0.842. The first-order valence-electron chi connectivity index (χ1n) is 9.84. The maximum atomic E-state index is 12.3. The molecule has 1 aliphatic rings. The van der Waals surface area contributed by atoms with E-state index in [-0.39, 0.29) is 17.7 Å². The number of carbonyl (C=O) groups is 2. The highest BCUT2D eigenvalue weighted by Crippen LogP contribution is 2.20. The zero-order valence-electron chi connectivity index (χ0n) is 15.5. The van der Waals surface area contributed by atoms with Crippen LogP contribution >= 0.6 is 0 Å². The zero-order chi connectivity index (χ0) is 17.9. The van der Waals surface area contributed by atoms with Crippen molar-refractivity contribution in [3.05, 3.63) is 30.3 Å². The van der Waals surface area contributed by atoms with E-state index in [1.165, 1.54) is 25.7 Å². The van der Waals surface area contributed by atoms with Crippen molar-refractivity contribution in [1.29, 1.82) is 0 Å². The summed E-state index contributed by atoms with van der Waals surface area (Å²) in [5, 5.41) is 2.97. The quantitative estimate of drug-likeness (QED) is 0.665. The Labute approximate surface area is 152 Å². The molecule has 25 heavy (non-hydrogen) atoms. The van der Waals surface area contributed by atoms with Crippen LogP contribution in [0, 0.1) is 5.92 Å². The van der Waals surface area contributed by atoms with E-state index < -0.39 is 0 Å². The summed E-state index contributed by atoms with van der Waals surface area (Å²) >= 11 is 0. The summed E-state index contributed by atoms with van der Waals surface area (Å²) in [6.07, 6.45) is 9.42. The Kier molecular flexibility index (Phi) is 8.50. The molecule has 1 fully saturated rings. The molecule has 2 rings (SSSR count). The van der Waals surface area contributed by atoms with Gasteiger partial charge < -0.3 is 10.2 Å². The summed E-state index contributed by atoms with van der Waals surface area (Å²) in [6.45, 7) is 3.64. The number of anilines is 1. The lowest BCUT2D eigenvalue weighted by atomic mass is 9.95. The van der Waals surface area contributed by atoms with Crippen LogP contribution in [0.3, 0.4) is 0 Å². The van der Waals surface area contributed by atoms with Gasteiger partial charge in [0.05, 0.1) is 0 Å². The van der Waals surface area contributed by atoms with Gasteiger partial charge in [-0.1, -0.05) is 57.2 Å². The van der Waals surface area contributed by atoms with E-state index in [1.54, 1.807) is 0 Å². The lowest BCUT2D eigenvalue weighted by molar-refractivity contribution is -0.134. The van der Waals surface area contributed by atoms with Crippen LogP contribution in [0.2, 0.25) is 0 Å². The monoisotopic (exact) mass is 344 g/mol. The predicted molar refractivity (Wildman–Crippen MR) is 102 cm³/mol. The minimum atomic E-state index is 0.0123. The third-order valence-electron chi connectivity index (χ3n) is 5.00. The van der Waals surface area contributed by atoms with Gasteiger partial charge in [0.2, 0.25) is 11.8 Å². The second-order valence-electron chi connectivity index (χ2n) is 7.03. The van der Waals surface area contributed by atoms with Crippen molar-refractivity contribution in [2.24, 2.45) is 5.92 Å². The second-order valence-corrected chi connectivity index (χ2v) is 7.03. The molecule has 2 amide bonds. The third-order valence-corrected chi connectivity index (χ3v) is 5.00. The van der Waals surface area contributed by atoms with Crippen LogP contribution in [0.5, 0.6) is 0 Å². The summed E-state index contributed by atoms with van der Waals surface area (Å²) in [6, 6.07) is 9.57. The third kappa shape index (κ3) is 6.89. The molecule has 1 aromatic rings. The number of likely N-dealkylation sites (tertiary alicyclic amines) is 1. The smallest absolute Gasteiger partial charge is 0.227 e. The lowest BCUT2D eigenvalue weighted by Crippen LogP contribution is -2.41. The lowest BCUT2D eigenvalue weighted by Gasteiger charge is -2.31. The number of nitrogens with one attached hydrogen (secondary N) is 1. The van der Waals surface area contributed by atoms with Crippen molar-refractivity contribution in [3.63, 3.8) is 0 Å². The van der Waals surface area contributed by atoms with E-state index in [4.69, 9.17) is 0 Å². The standard InChI is InChI=1S/C21H32N2O2/c1-2-3-4-5-6-10-13-20(24)23-16-14-18(15-17-23)21(25)22-19-11-8-7-9-12-19/h7-9,11-12,18H,2-6,10,13-17H2,1H3,(H,22,25). The van der Waals surface area contributed by atoms with E-state index in [9.17, 15) is 9.59 Å². The fourth-order valence-corrected chi connectivity index (χ4v) is 3.37. The molecule has 0 spiro atoms. The molecule has 4 heteroatoms. The van der Waals surface area contributed by atoms with Gasteiger partial charge in [-0.2, -0.15) is 0 Å². The Balaban J connectivity index is 1.63. The van der Waals surface area contributed by atoms with Gasteiger partial charge in [-0.05, 0) is 31.4 Å². The Bertz CT molecular complexity index is 522. The van der Waals surface area contributed by atoms with Gasteiger partial charge in [0.15, 0.2) is 0 Å². The highest BCUT2D eigenvalue weighted by Gasteiger charge is 2.27. The summed E-state index contributed by atoms with van der Waals surface area (Å²) in [7, 11) is 0. The fourth-order valence-electron chi connectivity index (χ4n) is 3.37. The number of benzene rings is 1. The molecule has 0 radical (unpaired) electrons. The van der Waals surface area contributed by atoms with Crippen molar-refractivity contribution in [2.75, 3.05) is 18.4 Å². The van der Waals surface area contributed by atoms with Gasteiger partial charge in [-0.15, -0.1) is 0 Å². The molecule has 138 valence electrons. The average Bonchev–Trinajstić information content (AvgIpc) is 2.65. The number of rotatable bonds is 9. The normalized spacial score (nSPS) is 15.2. The summed E-state index contributed by atoms with van der Waals surface area (Å²) in [5.74, 6) is 0.352. The van der Waals surface area contributed by atoms with Crippen LogP contribution in [-0.4, -0.2) is 29.8 Å². The van der Waals surface area contributed by atoms with Crippen LogP contribution in [-0.2, 0) is 9.59 Å². The maximum absolute atomic E-state index is 12.3. The molecule has 0 atom stereocenters. The van der Waals surface area contributed by atoms with Gasteiger partial charge in [0.1, 0.15) is 0 Å². The minimum absolute atomic E-state index is 0.0123. The molecule has 0 aliphatic carbocycles. The highest BCUT2D eigenvalue weighted by atomic mass is 16.2. The number of piperidine rings is 1. The molecule has 1 aliphatic heterocycles. The number of hydrogen-bond donors (Lipinski definition) is 1. The molecular formula is C21H32N2O2. The first-order valence-corrected chi connectivity index (χ1v) is 9.84. The van der Waals surface area contributed by atoms with Gasteiger partial charge in [-0.3, -0.25) is 9.59 Å². The molecule has 1 N–H and O–H groups in total. The first-order chi connectivity index (χ1) is 12.2. The van der Waals surface area contributed by atoms with Crippen LogP contribution < -0.4 is 5.32 Å². The predicted octanol–water partition coefficient (Wildman–Crippen LogP) is 4.61. The molecule has 0 bridgehead atoms. The maximum Gasteiger partial charge on any atom is 0.227 e. The molecule has 4 nitrogen and oxygen atoms in total. The molecule has 0 saturated carbocycles. The van der Waals surface area contributed by atoms with Crippen molar-refractivity contribution >= 4 is 17.5 Å². The van der Waals surface area contributed by atoms with Crippen molar-refractivity contribution in [1.82, 2.24) is 4.90 Å². The minimum Gasteiger partial charge on any atom is -0.343 e. The largest absolute Gasteiger partial charge is 0.343 e. The Morgan fingerprint density at radius 3 is 2.32 bits per heavy atom. The van der Waals surface area contributed by atoms with Crippen LogP contribution in [0.1, 0.15) is 64.7 Å². The number of unbranched alkanes of at least 4 members (excludes halogenated alkanes) is 5. The SMILES string of the molecule is CCCCCCCCC(=O)N1CCC(C(=O)Nc2ccccc2)CC1. The number of amides is 2. The highest BCUT2D eigenvalue weighted by molar-refractivity contribution is 5.92. The van der Waals surface area contributed by atoms with Crippen molar-refractivity contribution < 1.29 is 9.59 Å². The molecule has 1 heterocycles. The first kappa shape index (κ1) is 19.5. The van der Waals surface area contributed by atoms with Gasteiger partial charge in [0, 0.05) is 31.1 Å². The van der Waals surface area contributed by atoms with E-state index in [0.29, 0.717) is 19.5 Å². The van der Waals surface area contributed by atoms with Crippen LogP contribution in [0.4, 0.5) is 5.69 Å². The number of nitrogens with zero attached hydrogens (tertiary/aromatic N) is 1. The van der Waals surface area contributed by atoms with Crippen molar-refractivity contribution in [3.8, 4) is 0 Å². The van der Waals surface area contributed by atoms with Crippen molar-refractivity contribution in [2.45, 2.75) is 64.7 Å². The van der Waals surface area contributed by atoms with Gasteiger partial charge >= 0.3 is 0 Å². The molecule has 1 aromatic carbocycles. The molecular weight excluding hydrogens is 312 g/mol. The molecule has 0 aromatic heterocycles. The average molecular weight is 344 g/mol. The second kappa shape index (κ2) is 10.9. The fraction of sp³-hybridized carbons (Fsp3) is 0.619. The summed E-state index contributed by atoms with van der Waals surface area (Å²) in [4.78, 5) is 26.5. The Morgan fingerprint density at radius 1 is 1.00 bits per heavy atom. The van der Waals surface area contributed by atoms with Gasteiger partial charge in [0.25, 0.3) is 0 Å². The molecule has 0 unspecified atom stereocenters. The van der Waals surface area contributed by atoms with Gasteiger partial charge in [-0.25, -0.2) is 0 Å². The molecule has 1 saturated heterocycles. The van der Waals surface area contributed by atoms with E-state index in [2.05, 4.69) is 12.2 Å². The summed E-state index contributed by atoms with van der Waals surface area (Å²) < 4.78 is 0. The number of hydrogen-bond acceptors (Lipinski definition) is 2. The Hall–Kier alpha value is -1.84. The number of carbonyl (C=O) groups excluding carboxylic acids is 2. The topological polar surface area (TPSA) is 49.4 Å². The van der Waals surface area contributed by atoms with E-state index >= 15 is 0 Å². The van der Waals surface area contributed by atoms with E-state index in [1.807, 2.05) is 35.2 Å². The zero-order valence-corrected chi connectivity index (χ0v) is 15.5. The Morgan fingerprint density at radius 2 is 1.64 bits per heavy atom. The van der Waals surface area contributed by atoms with E-state index in [0.717, 1.165) is 31.4 Å². The van der Waals surface area contributed by atoms with Crippen LogP contribution in [0.15, 0.2) is 30.3 Å². The number of para-hydroxylation sites is 1.